The van der Waals surface area contributed by atoms with E-state index in [0.29, 0.717) is 0 Å². The van der Waals surface area contributed by atoms with Crippen molar-refractivity contribution in [1.82, 2.24) is 9.88 Å². The summed E-state index contributed by atoms with van der Waals surface area (Å²) < 4.78 is 6.45. The summed E-state index contributed by atoms with van der Waals surface area (Å²) in [4.78, 5) is 19.3. The van der Waals surface area contributed by atoms with Gasteiger partial charge in [0, 0.05) is 18.7 Å². The minimum absolute atomic E-state index is 0.0691. The van der Waals surface area contributed by atoms with Gasteiger partial charge in [-0.3, -0.25) is 4.79 Å². The molecule has 0 N–H and O–H groups in total. The lowest BCUT2D eigenvalue weighted by Crippen LogP contribution is -2.35. The number of ether oxygens (including phenoxy) is 1. The van der Waals surface area contributed by atoms with Gasteiger partial charge in [-0.1, -0.05) is 24.3 Å². The van der Waals surface area contributed by atoms with E-state index >= 15 is 0 Å². The van der Waals surface area contributed by atoms with Gasteiger partial charge < -0.3 is 9.64 Å². The van der Waals surface area contributed by atoms with Gasteiger partial charge in [0.15, 0.2) is 0 Å². The number of amides is 1. The molecule has 3 aromatic rings. The van der Waals surface area contributed by atoms with Crippen LogP contribution in [0.2, 0.25) is 0 Å². The summed E-state index contributed by atoms with van der Waals surface area (Å²) in [7, 11) is 1.68. The molecular weight excluding hydrogens is 356 g/mol. The van der Waals surface area contributed by atoms with Crippen molar-refractivity contribution in [3.8, 4) is 5.75 Å². The molecule has 0 aliphatic carbocycles. The summed E-state index contributed by atoms with van der Waals surface area (Å²) >= 11 is 1.61. The molecular formula is C22H22N2O2S. The van der Waals surface area contributed by atoms with Crippen molar-refractivity contribution in [2.45, 2.75) is 25.3 Å². The number of hydrogen-bond acceptors (Lipinski definition) is 4. The van der Waals surface area contributed by atoms with E-state index in [4.69, 9.17) is 4.74 Å². The zero-order valence-electron chi connectivity index (χ0n) is 15.3. The number of carbonyl (C=O) groups excluding carboxylic acids is 1. The van der Waals surface area contributed by atoms with Crippen LogP contribution in [-0.2, 0) is 11.2 Å². The predicted octanol–water partition coefficient (Wildman–Crippen LogP) is 4.55. The maximum atomic E-state index is 12.7. The van der Waals surface area contributed by atoms with E-state index in [1.54, 1.807) is 24.5 Å². The molecule has 0 radical (unpaired) electrons. The second-order valence-electron chi connectivity index (χ2n) is 6.74. The fourth-order valence-corrected chi connectivity index (χ4v) is 4.48. The number of rotatable bonds is 5. The average Bonchev–Trinajstić information content (AvgIpc) is 3.32. The van der Waals surface area contributed by atoms with Crippen LogP contribution in [0.15, 0.2) is 54.6 Å². The number of carbonyl (C=O) groups is 1. The first-order chi connectivity index (χ1) is 13.2. The highest BCUT2D eigenvalue weighted by Gasteiger charge is 2.27. The lowest BCUT2D eigenvalue weighted by molar-refractivity contribution is -0.126. The van der Waals surface area contributed by atoms with Gasteiger partial charge in [-0.2, -0.15) is 0 Å². The maximum Gasteiger partial charge on any atom is 0.246 e. The van der Waals surface area contributed by atoms with Gasteiger partial charge in [0.25, 0.3) is 0 Å². The fraction of sp³-hybridized carbons (Fsp3) is 0.273. The number of fused-ring (bicyclic) bond motifs is 1. The Morgan fingerprint density at radius 1 is 1.30 bits per heavy atom. The van der Waals surface area contributed by atoms with Gasteiger partial charge in [-0.05, 0) is 55.2 Å². The Labute approximate surface area is 163 Å². The minimum atomic E-state index is 0.0691. The zero-order valence-corrected chi connectivity index (χ0v) is 16.1. The van der Waals surface area contributed by atoms with Gasteiger partial charge in [-0.25, -0.2) is 4.98 Å². The van der Waals surface area contributed by atoms with E-state index < -0.39 is 0 Å². The molecule has 1 amide bonds. The van der Waals surface area contributed by atoms with Crippen LogP contribution in [0.1, 0.15) is 23.4 Å². The van der Waals surface area contributed by atoms with Crippen LogP contribution in [0, 0.1) is 0 Å². The Morgan fingerprint density at radius 3 is 3.04 bits per heavy atom. The quantitative estimate of drug-likeness (QED) is 0.612. The standard InChI is InChI=1S/C22H22N2O2S/c1-26-18-8-4-6-16(15-18)14-17-7-5-13-24(17)22(25)12-11-21-23-19-9-2-3-10-20(19)27-21/h2-4,6,8-12,15,17H,5,7,13-14H2,1H3/b12-11+. The Kier molecular flexibility index (Phi) is 5.21. The van der Waals surface area contributed by atoms with Crippen molar-refractivity contribution in [3.05, 3.63) is 65.2 Å². The number of para-hydroxylation sites is 1. The molecule has 1 saturated heterocycles. The van der Waals surface area contributed by atoms with Crippen LogP contribution in [0.3, 0.4) is 0 Å². The summed E-state index contributed by atoms with van der Waals surface area (Å²) in [6.07, 6.45) is 6.46. The predicted molar refractivity (Wildman–Crippen MR) is 110 cm³/mol. The number of hydrogen-bond donors (Lipinski definition) is 0. The highest BCUT2D eigenvalue weighted by atomic mass is 32.1. The molecule has 0 bridgehead atoms. The molecule has 1 fully saturated rings. The van der Waals surface area contributed by atoms with Crippen LogP contribution in [0.5, 0.6) is 5.75 Å². The monoisotopic (exact) mass is 378 g/mol. The molecule has 5 heteroatoms. The summed E-state index contributed by atoms with van der Waals surface area (Å²) in [6, 6.07) is 16.4. The minimum Gasteiger partial charge on any atom is -0.497 e. The van der Waals surface area contributed by atoms with Gasteiger partial charge in [0.1, 0.15) is 10.8 Å². The van der Waals surface area contributed by atoms with Gasteiger partial charge in [0.2, 0.25) is 5.91 Å². The zero-order chi connectivity index (χ0) is 18.6. The van der Waals surface area contributed by atoms with Crippen LogP contribution >= 0.6 is 11.3 Å². The molecule has 0 spiro atoms. The van der Waals surface area contributed by atoms with Crippen molar-refractivity contribution in [3.63, 3.8) is 0 Å². The van der Waals surface area contributed by atoms with E-state index in [2.05, 4.69) is 23.2 Å². The average molecular weight is 378 g/mol. The van der Waals surface area contributed by atoms with Crippen LogP contribution in [0.25, 0.3) is 16.3 Å². The Bertz CT molecular complexity index is 946. The normalized spacial score (nSPS) is 17.1. The second kappa shape index (κ2) is 7.92. The third-order valence-corrected chi connectivity index (χ3v) is 5.95. The van der Waals surface area contributed by atoms with Crippen LogP contribution in [-0.4, -0.2) is 35.5 Å². The first kappa shape index (κ1) is 17.7. The number of thiazole rings is 1. The van der Waals surface area contributed by atoms with Crippen LogP contribution in [0.4, 0.5) is 0 Å². The number of aromatic nitrogens is 1. The number of methoxy groups -OCH3 is 1. The Morgan fingerprint density at radius 2 is 2.19 bits per heavy atom. The molecule has 1 aliphatic rings. The highest BCUT2D eigenvalue weighted by Crippen LogP contribution is 2.25. The molecule has 2 heterocycles. The molecule has 2 aromatic carbocycles. The van der Waals surface area contributed by atoms with E-state index in [-0.39, 0.29) is 11.9 Å². The number of benzene rings is 2. The first-order valence-electron chi connectivity index (χ1n) is 9.20. The number of likely N-dealkylation sites (tertiary alicyclic amines) is 1. The third-order valence-electron chi connectivity index (χ3n) is 4.94. The summed E-state index contributed by atoms with van der Waals surface area (Å²) in [5, 5.41) is 0.869. The molecule has 1 aromatic heterocycles. The maximum absolute atomic E-state index is 12.7. The van der Waals surface area contributed by atoms with Crippen molar-refractivity contribution in [2.75, 3.05) is 13.7 Å². The van der Waals surface area contributed by atoms with Crippen LogP contribution < -0.4 is 4.74 Å². The summed E-state index contributed by atoms with van der Waals surface area (Å²) in [6.45, 7) is 0.817. The number of nitrogens with zero attached hydrogens (tertiary/aromatic N) is 2. The molecule has 4 rings (SSSR count). The molecule has 1 atom stereocenters. The topological polar surface area (TPSA) is 42.4 Å². The molecule has 138 valence electrons. The molecule has 27 heavy (non-hydrogen) atoms. The van der Waals surface area contributed by atoms with Gasteiger partial charge in [0.05, 0.1) is 17.3 Å². The first-order valence-corrected chi connectivity index (χ1v) is 10.0. The third kappa shape index (κ3) is 4.03. The highest BCUT2D eigenvalue weighted by molar-refractivity contribution is 7.19. The molecule has 1 aliphatic heterocycles. The van der Waals surface area contributed by atoms with E-state index in [9.17, 15) is 4.79 Å². The molecule has 1 unspecified atom stereocenters. The molecule has 0 saturated carbocycles. The van der Waals surface area contributed by atoms with Crippen molar-refractivity contribution in [1.29, 1.82) is 0 Å². The second-order valence-corrected chi connectivity index (χ2v) is 7.80. The van der Waals surface area contributed by atoms with Gasteiger partial charge >= 0.3 is 0 Å². The van der Waals surface area contributed by atoms with Crippen molar-refractivity contribution in [2.24, 2.45) is 0 Å². The molecule has 4 nitrogen and oxygen atoms in total. The Hall–Kier alpha value is -2.66. The lowest BCUT2D eigenvalue weighted by Gasteiger charge is -2.23. The smallest absolute Gasteiger partial charge is 0.246 e. The van der Waals surface area contributed by atoms with Crippen molar-refractivity contribution >= 4 is 33.5 Å². The lowest BCUT2D eigenvalue weighted by atomic mass is 10.0. The fourth-order valence-electron chi connectivity index (χ4n) is 3.61. The summed E-state index contributed by atoms with van der Waals surface area (Å²) in [5.74, 6) is 0.929. The SMILES string of the molecule is COc1cccc(CC2CCCN2C(=O)/C=C/c2nc3ccccc3s2)c1. The van der Waals surface area contributed by atoms with E-state index in [0.717, 1.165) is 46.8 Å². The Balaban J connectivity index is 1.45. The largest absolute Gasteiger partial charge is 0.497 e. The van der Waals surface area contributed by atoms with E-state index in [1.165, 1.54) is 5.56 Å². The van der Waals surface area contributed by atoms with Gasteiger partial charge in [-0.15, -0.1) is 11.3 Å². The van der Waals surface area contributed by atoms with Crippen molar-refractivity contribution < 1.29 is 9.53 Å². The van der Waals surface area contributed by atoms with E-state index in [1.807, 2.05) is 41.3 Å². The summed E-state index contributed by atoms with van der Waals surface area (Å²) in [5.41, 5.74) is 2.18.